The molecule has 0 saturated carbocycles. The van der Waals surface area contributed by atoms with Crippen molar-refractivity contribution < 1.29 is 22.6 Å². The number of hydrogen-bond donors (Lipinski definition) is 1. The lowest BCUT2D eigenvalue weighted by molar-refractivity contribution is -0.195. The van der Waals surface area contributed by atoms with Crippen molar-refractivity contribution in [2.45, 2.75) is 25.6 Å². The highest BCUT2D eigenvalue weighted by molar-refractivity contribution is 5.45. The van der Waals surface area contributed by atoms with Crippen LogP contribution in [0.15, 0.2) is 18.2 Å². The number of rotatable bonds is 5. The van der Waals surface area contributed by atoms with E-state index >= 15 is 0 Å². The summed E-state index contributed by atoms with van der Waals surface area (Å²) in [5.41, 5.74) is -2.13. The Kier molecular flexibility index (Phi) is 4.68. The molecule has 0 saturated heterocycles. The minimum absolute atomic E-state index is 0.0325. The summed E-state index contributed by atoms with van der Waals surface area (Å²) in [6.07, 6.45) is -4.44. The Labute approximate surface area is 110 Å². The van der Waals surface area contributed by atoms with Crippen LogP contribution in [0.2, 0.25) is 0 Å². The molecular weight excluding hydrogens is 259 g/mol. The number of nitrogens with one attached hydrogen (secondary N) is 1. The van der Waals surface area contributed by atoms with Gasteiger partial charge in [-0.25, -0.2) is 0 Å². The number of benzene rings is 1. The maximum Gasteiger partial charge on any atom is 0.410 e. The highest BCUT2D eigenvalue weighted by atomic mass is 19.4. The molecule has 0 bridgehead atoms. The number of halogens is 3. The zero-order valence-electron chi connectivity index (χ0n) is 11.4. The molecule has 1 atom stereocenters. The quantitative estimate of drug-likeness (QED) is 0.897. The molecule has 6 heteroatoms. The lowest BCUT2D eigenvalue weighted by Crippen LogP contribution is -2.51. The Hall–Kier alpha value is -1.43. The lowest BCUT2D eigenvalue weighted by atomic mass is 9.90. The monoisotopic (exact) mass is 277 g/mol. The first-order valence-corrected chi connectivity index (χ1v) is 5.84. The molecule has 0 heterocycles. The first-order valence-electron chi connectivity index (χ1n) is 5.84. The first-order chi connectivity index (χ1) is 8.80. The molecule has 0 aromatic heterocycles. The molecule has 0 aliphatic rings. The second-order valence-electron chi connectivity index (χ2n) is 4.22. The average Bonchev–Trinajstić information content (AvgIpc) is 2.36. The van der Waals surface area contributed by atoms with Crippen LogP contribution in [0.5, 0.6) is 11.5 Å². The van der Waals surface area contributed by atoms with Crippen molar-refractivity contribution in [2.75, 3.05) is 20.8 Å². The normalized spacial score (nSPS) is 14.9. The van der Waals surface area contributed by atoms with Gasteiger partial charge in [-0.15, -0.1) is 0 Å². The van der Waals surface area contributed by atoms with Crippen LogP contribution in [0.1, 0.15) is 19.4 Å². The summed E-state index contributed by atoms with van der Waals surface area (Å²) in [6, 6.07) is 4.30. The fourth-order valence-corrected chi connectivity index (χ4v) is 1.91. The number of hydrogen-bond acceptors (Lipinski definition) is 3. The van der Waals surface area contributed by atoms with Gasteiger partial charge in [0.15, 0.2) is 0 Å². The molecule has 0 fully saturated rings. The number of ether oxygens (including phenoxy) is 2. The van der Waals surface area contributed by atoms with E-state index < -0.39 is 11.7 Å². The second-order valence-corrected chi connectivity index (χ2v) is 4.22. The first kappa shape index (κ1) is 15.6. The Bertz CT molecular complexity index is 434. The van der Waals surface area contributed by atoms with Gasteiger partial charge in [-0.05, 0) is 25.6 Å². The Morgan fingerprint density at radius 3 is 2.21 bits per heavy atom. The molecular formula is C13H18F3NO2. The largest absolute Gasteiger partial charge is 0.497 e. The zero-order valence-corrected chi connectivity index (χ0v) is 11.4. The lowest BCUT2D eigenvalue weighted by Gasteiger charge is -2.34. The van der Waals surface area contributed by atoms with E-state index in [0.717, 1.165) is 6.92 Å². The summed E-state index contributed by atoms with van der Waals surface area (Å²) >= 11 is 0. The third-order valence-corrected chi connectivity index (χ3v) is 3.04. The zero-order chi connectivity index (χ0) is 14.7. The van der Waals surface area contributed by atoms with Crippen molar-refractivity contribution in [3.63, 3.8) is 0 Å². The van der Waals surface area contributed by atoms with E-state index in [1.807, 2.05) is 0 Å². The van der Waals surface area contributed by atoms with E-state index in [1.165, 1.54) is 32.4 Å². The summed E-state index contributed by atoms with van der Waals surface area (Å²) in [5.74, 6) is 0.585. The summed E-state index contributed by atoms with van der Waals surface area (Å²) < 4.78 is 50.0. The molecule has 1 aromatic carbocycles. The summed E-state index contributed by atoms with van der Waals surface area (Å²) in [4.78, 5) is 0. The van der Waals surface area contributed by atoms with E-state index in [2.05, 4.69) is 5.32 Å². The van der Waals surface area contributed by atoms with Crippen LogP contribution >= 0.6 is 0 Å². The van der Waals surface area contributed by atoms with Crippen molar-refractivity contribution in [1.82, 2.24) is 5.32 Å². The number of methoxy groups -OCH3 is 2. The van der Waals surface area contributed by atoms with Crippen molar-refractivity contribution in [3.8, 4) is 11.5 Å². The van der Waals surface area contributed by atoms with Gasteiger partial charge in [0.05, 0.1) is 14.2 Å². The smallest absolute Gasteiger partial charge is 0.410 e. The number of alkyl halides is 3. The van der Waals surface area contributed by atoms with Crippen molar-refractivity contribution in [3.05, 3.63) is 23.8 Å². The van der Waals surface area contributed by atoms with Crippen molar-refractivity contribution >= 4 is 0 Å². The van der Waals surface area contributed by atoms with E-state index in [4.69, 9.17) is 9.47 Å². The van der Waals surface area contributed by atoms with Crippen LogP contribution in [0.25, 0.3) is 0 Å². The molecule has 0 aliphatic heterocycles. The van der Waals surface area contributed by atoms with E-state index in [-0.39, 0.29) is 17.9 Å². The van der Waals surface area contributed by atoms with E-state index in [1.54, 1.807) is 6.92 Å². The fraction of sp³-hybridized carbons (Fsp3) is 0.538. The Morgan fingerprint density at radius 2 is 1.79 bits per heavy atom. The average molecular weight is 277 g/mol. The maximum absolute atomic E-state index is 13.3. The highest BCUT2D eigenvalue weighted by Crippen LogP contribution is 2.43. The van der Waals surface area contributed by atoms with Gasteiger partial charge in [0.1, 0.15) is 17.0 Å². The molecule has 3 nitrogen and oxygen atoms in total. The molecule has 1 unspecified atom stereocenters. The predicted molar refractivity (Wildman–Crippen MR) is 66.6 cm³/mol. The van der Waals surface area contributed by atoms with Gasteiger partial charge in [0.2, 0.25) is 0 Å². The van der Waals surface area contributed by atoms with Crippen LogP contribution in [0.4, 0.5) is 13.2 Å². The fourth-order valence-electron chi connectivity index (χ4n) is 1.91. The highest BCUT2D eigenvalue weighted by Gasteiger charge is 2.53. The van der Waals surface area contributed by atoms with Gasteiger partial charge in [-0.2, -0.15) is 13.2 Å². The van der Waals surface area contributed by atoms with Gasteiger partial charge in [-0.1, -0.05) is 6.92 Å². The van der Waals surface area contributed by atoms with Gasteiger partial charge in [0, 0.05) is 11.6 Å². The molecule has 1 N–H and O–H groups in total. The Balaban J connectivity index is 3.38. The van der Waals surface area contributed by atoms with E-state index in [0.29, 0.717) is 5.75 Å². The Morgan fingerprint density at radius 1 is 1.16 bits per heavy atom. The summed E-state index contributed by atoms with van der Waals surface area (Å²) in [6.45, 7) is 2.91. The molecule has 0 amide bonds. The maximum atomic E-state index is 13.3. The van der Waals surface area contributed by atoms with E-state index in [9.17, 15) is 13.2 Å². The summed E-state index contributed by atoms with van der Waals surface area (Å²) in [5, 5.41) is 2.48. The molecule has 1 rings (SSSR count). The molecule has 0 aliphatic carbocycles. The van der Waals surface area contributed by atoms with Crippen molar-refractivity contribution in [1.29, 1.82) is 0 Å². The predicted octanol–water partition coefficient (Wildman–Crippen LogP) is 3.09. The van der Waals surface area contributed by atoms with Crippen molar-refractivity contribution in [2.24, 2.45) is 0 Å². The molecule has 0 radical (unpaired) electrons. The molecule has 19 heavy (non-hydrogen) atoms. The topological polar surface area (TPSA) is 30.5 Å². The van der Waals surface area contributed by atoms with Crippen LogP contribution in [-0.4, -0.2) is 26.9 Å². The van der Waals surface area contributed by atoms with Crippen LogP contribution < -0.4 is 14.8 Å². The minimum atomic E-state index is -4.44. The molecule has 1 aromatic rings. The summed E-state index contributed by atoms with van der Waals surface area (Å²) in [7, 11) is 2.78. The van der Waals surface area contributed by atoms with Gasteiger partial charge in [0.25, 0.3) is 0 Å². The van der Waals surface area contributed by atoms with Gasteiger partial charge >= 0.3 is 6.18 Å². The SMILES string of the molecule is CCNC(C)(c1ccc(OC)cc1OC)C(F)(F)F. The minimum Gasteiger partial charge on any atom is -0.497 e. The van der Waals surface area contributed by atoms with Crippen LogP contribution in [0.3, 0.4) is 0 Å². The third-order valence-electron chi connectivity index (χ3n) is 3.04. The molecule has 0 spiro atoms. The standard InChI is InChI=1S/C13H18F3NO2/c1-5-17-12(2,13(14,15)16)10-7-6-9(18-3)8-11(10)19-4/h6-8,17H,5H2,1-4H3. The van der Waals surface area contributed by atoms with Crippen LogP contribution in [-0.2, 0) is 5.54 Å². The van der Waals surface area contributed by atoms with Crippen LogP contribution in [0, 0.1) is 0 Å². The second kappa shape index (κ2) is 5.69. The van der Waals surface area contributed by atoms with Gasteiger partial charge in [-0.3, -0.25) is 0 Å². The van der Waals surface area contributed by atoms with Gasteiger partial charge < -0.3 is 14.8 Å². The third kappa shape index (κ3) is 2.94. The molecule has 108 valence electrons.